The summed E-state index contributed by atoms with van der Waals surface area (Å²) in [5.74, 6) is -0.174. The van der Waals surface area contributed by atoms with E-state index in [1.165, 1.54) is 20.5 Å². The quantitative estimate of drug-likeness (QED) is 0.806. The van der Waals surface area contributed by atoms with Gasteiger partial charge in [-0.15, -0.1) is 0 Å². The molecule has 1 aliphatic rings. The standard InChI is InChI=1S/C15H30N2O3S/c1-15(2,3)12-7-6-8-13(10-9-12)16-14(18)11-21(19,20)17(4)5/h12-13H,6-11H2,1-5H3,(H,16,18). The molecule has 6 heteroatoms. The van der Waals surface area contributed by atoms with Crippen LogP contribution in [-0.4, -0.2) is 44.5 Å². The van der Waals surface area contributed by atoms with Gasteiger partial charge in [0.15, 0.2) is 0 Å². The zero-order valence-electron chi connectivity index (χ0n) is 14.0. The Labute approximate surface area is 129 Å². The first-order valence-electron chi connectivity index (χ1n) is 7.72. The molecule has 1 amide bonds. The minimum absolute atomic E-state index is 0.113. The van der Waals surface area contributed by atoms with Gasteiger partial charge in [0, 0.05) is 20.1 Å². The summed E-state index contributed by atoms with van der Waals surface area (Å²) in [5, 5.41) is 2.90. The van der Waals surface area contributed by atoms with Gasteiger partial charge in [-0.25, -0.2) is 12.7 Å². The molecule has 1 rings (SSSR count). The summed E-state index contributed by atoms with van der Waals surface area (Å²) in [6.07, 6.45) is 5.25. The molecule has 5 nitrogen and oxygen atoms in total. The molecule has 0 saturated heterocycles. The molecule has 0 radical (unpaired) electrons. The van der Waals surface area contributed by atoms with Gasteiger partial charge in [-0.3, -0.25) is 4.79 Å². The van der Waals surface area contributed by atoms with Gasteiger partial charge in [-0.05, 0) is 37.0 Å². The van der Waals surface area contributed by atoms with Gasteiger partial charge >= 0.3 is 0 Å². The van der Waals surface area contributed by atoms with Crippen LogP contribution in [0.2, 0.25) is 0 Å². The Kier molecular flexibility index (Phi) is 6.23. The number of hydrogen-bond acceptors (Lipinski definition) is 3. The van der Waals surface area contributed by atoms with E-state index in [2.05, 4.69) is 26.1 Å². The number of nitrogens with zero attached hydrogens (tertiary/aromatic N) is 1. The molecule has 0 aromatic carbocycles. The van der Waals surface area contributed by atoms with Crippen molar-refractivity contribution in [1.29, 1.82) is 0 Å². The van der Waals surface area contributed by atoms with Crippen molar-refractivity contribution in [3.63, 3.8) is 0 Å². The number of carbonyl (C=O) groups excluding carboxylic acids is 1. The smallest absolute Gasteiger partial charge is 0.236 e. The highest BCUT2D eigenvalue weighted by Crippen LogP contribution is 2.36. The van der Waals surface area contributed by atoms with Crippen LogP contribution in [0.3, 0.4) is 0 Å². The van der Waals surface area contributed by atoms with Gasteiger partial charge in [0.05, 0.1) is 0 Å². The minimum Gasteiger partial charge on any atom is -0.352 e. The monoisotopic (exact) mass is 318 g/mol. The van der Waals surface area contributed by atoms with E-state index in [0.717, 1.165) is 30.0 Å². The Bertz CT molecular complexity index is 452. The van der Waals surface area contributed by atoms with E-state index < -0.39 is 15.8 Å². The van der Waals surface area contributed by atoms with E-state index in [4.69, 9.17) is 0 Å². The predicted octanol–water partition coefficient (Wildman–Crippen LogP) is 1.99. The van der Waals surface area contributed by atoms with E-state index in [-0.39, 0.29) is 11.9 Å². The van der Waals surface area contributed by atoms with Crippen LogP contribution >= 0.6 is 0 Å². The van der Waals surface area contributed by atoms with Gasteiger partial charge in [0.2, 0.25) is 15.9 Å². The van der Waals surface area contributed by atoms with E-state index >= 15 is 0 Å². The fraction of sp³-hybridized carbons (Fsp3) is 0.933. The third kappa shape index (κ3) is 5.94. The summed E-state index contributed by atoms with van der Waals surface area (Å²) >= 11 is 0. The highest BCUT2D eigenvalue weighted by Gasteiger charge is 2.29. The van der Waals surface area contributed by atoms with Crippen molar-refractivity contribution in [2.45, 2.75) is 58.9 Å². The molecule has 2 unspecified atom stereocenters. The number of nitrogens with one attached hydrogen (secondary N) is 1. The van der Waals surface area contributed by atoms with Gasteiger partial charge < -0.3 is 5.32 Å². The highest BCUT2D eigenvalue weighted by molar-refractivity contribution is 7.89. The fourth-order valence-corrected chi connectivity index (χ4v) is 3.55. The number of amides is 1. The van der Waals surface area contributed by atoms with Crippen LogP contribution < -0.4 is 5.32 Å². The lowest BCUT2D eigenvalue weighted by molar-refractivity contribution is -0.119. The lowest BCUT2D eigenvalue weighted by Gasteiger charge is -2.29. The summed E-state index contributed by atoms with van der Waals surface area (Å²) < 4.78 is 24.5. The SMILES string of the molecule is CN(C)S(=O)(=O)CC(=O)NC1CCCC(C(C)(C)C)CC1. The largest absolute Gasteiger partial charge is 0.352 e. The molecule has 0 aromatic rings. The van der Waals surface area contributed by atoms with Crippen molar-refractivity contribution in [2.24, 2.45) is 11.3 Å². The zero-order valence-corrected chi connectivity index (χ0v) is 14.8. The number of hydrogen-bond donors (Lipinski definition) is 1. The molecule has 0 spiro atoms. The molecule has 124 valence electrons. The lowest BCUT2D eigenvalue weighted by Crippen LogP contribution is -2.40. The second-order valence-corrected chi connectivity index (χ2v) is 9.56. The molecular weight excluding hydrogens is 288 g/mol. The topological polar surface area (TPSA) is 66.5 Å². The Hall–Kier alpha value is -0.620. The molecule has 1 aliphatic carbocycles. The van der Waals surface area contributed by atoms with Crippen molar-refractivity contribution >= 4 is 15.9 Å². The number of sulfonamides is 1. The van der Waals surface area contributed by atoms with Crippen LogP contribution in [0, 0.1) is 11.3 Å². The molecule has 2 atom stereocenters. The Morgan fingerprint density at radius 1 is 1.14 bits per heavy atom. The van der Waals surface area contributed by atoms with Crippen LogP contribution in [0.15, 0.2) is 0 Å². The Morgan fingerprint density at radius 3 is 2.29 bits per heavy atom. The number of rotatable bonds is 4. The molecule has 0 aromatic heterocycles. The molecule has 0 aliphatic heterocycles. The summed E-state index contributed by atoms with van der Waals surface area (Å²) in [5.41, 5.74) is 0.299. The van der Waals surface area contributed by atoms with Crippen LogP contribution in [0.1, 0.15) is 52.9 Å². The molecule has 1 fully saturated rings. The van der Waals surface area contributed by atoms with Crippen molar-refractivity contribution in [3.05, 3.63) is 0 Å². The van der Waals surface area contributed by atoms with Crippen LogP contribution in [0.25, 0.3) is 0 Å². The average molecular weight is 318 g/mol. The summed E-state index contributed by atoms with van der Waals surface area (Å²) in [4.78, 5) is 11.9. The van der Waals surface area contributed by atoms with Crippen molar-refractivity contribution in [3.8, 4) is 0 Å². The highest BCUT2D eigenvalue weighted by atomic mass is 32.2. The van der Waals surface area contributed by atoms with E-state index in [1.807, 2.05) is 0 Å². The van der Waals surface area contributed by atoms with E-state index in [9.17, 15) is 13.2 Å². The van der Waals surface area contributed by atoms with Gasteiger partial charge in [-0.1, -0.05) is 27.2 Å². The normalized spacial score (nSPS) is 24.7. The van der Waals surface area contributed by atoms with E-state index in [1.54, 1.807) is 0 Å². The third-order valence-corrected chi connectivity index (χ3v) is 6.17. The second-order valence-electron chi connectivity index (χ2n) is 7.37. The lowest BCUT2D eigenvalue weighted by atomic mass is 9.76. The van der Waals surface area contributed by atoms with Crippen LogP contribution in [0.4, 0.5) is 0 Å². The average Bonchev–Trinajstić information content (AvgIpc) is 2.52. The molecule has 1 N–H and O–H groups in total. The second kappa shape index (κ2) is 7.09. The maximum absolute atomic E-state index is 11.9. The van der Waals surface area contributed by atoms with Crippen molar-refractivity contribution < 1.29 is 13.2 Å². The van der Waals surface area contributed by atoms with Gasteiger partial charge in [-0.2, -0.15) is 0 Å². The molecule has 1 saturated carbocycles. The Balaban J connectivity index is 2.51. The molecule has 0 heterocycles. The first-order chi connectivity index (χ1) is 9.52. The summed E-state index contributed by atoms with van der Waals surface area (Å²) in [6, 6.07) is 0.113. The van der Waals surface area contributed by atoms with Crippen LogP contribution in [-0.2, 0) is 14.8 Å². The maximum Gasteiger partial charge on any atom is 0.236 e. The Morgan fingerprint density at radius 2 is 1.76 bits per heavy atom. The van der Waals surface area contributed by atoms with Gasteiger partial charge in [0.25, 0.3) is 0 Å². The minimum atomic E-state index is -3.47. The first-order valence-corrected chi connectivity index (χ1v) is 9.33. The summed E-state index contributed by atoms with van der Waals surface area (Å²) in [6.45, 7) is 6.79. The number of carbonyl (C=O) groups is 1. The van der Waals surface area contributed by atoms with Crippen molar-refractivity contribution in [2.75, 3.05) is 19.8 Å². The molecule has 21 heavy (non-hydrogen) atoms. The maximum atomic E-state index is 11.9. The fourth-order valence-electron chi connectivity index (χ4n) is 2.88. The van der Waals surface area contributed by atoms with Crippen molar-refractivity contribution in [1.82, 2.24) is 9.62 Å². The first kappa shape index (κ1) is 18.4. The summed E-state index contributed by atoms with van der Waals surface area (Å²) in [7, 11) is -0.577. The molecular formula is C15H30N2O3S. The van der Waals surface area contributed by atoms with E-state index in [0.29, 0.717) is 11.3 Å². The third-order valence-electron chi connectivity index (χ3n) is 4.43. The predicted molar refractivity (Wildman–Crippen MR) is 85.4 cm³/mol. The zero-order chi connectivity index (χ0) is 16.3. The van der Waals surface area contributed by atoms with Gasteiger partial charge in [0.1, 0.15) is 5.75 Å². The van der Waals surface area contributed by atoms with Crippen LogP contribution in [0.5, 0.6) is 0 Å². The molecule has 0 bridgehead atoms.